The van der Waals surface area contributed by atoms with E-state index in [1.54, 1.807) is 12.5 Å². The largest absolute Gasteiger partial charge is 0.512 e. The maximum Gasteiger partial charge on any atom is 0.512 e. The summed E-state index contributed by atoms with van der Waals surface area (Å²) in [5.41, 5.74) is -12.3. The molecule has 0 fully saturated rings. The Kier molecular flexibility index (Phi) is 6.40. The number of alkyl halides is 6. The van der Waals surface area contributed by atoms with Gasteiger partial charge >= 0.3 is 31.1 Å². The minimum absolute atomic E-state index is 0.493. The van der Waals surface area contributed by atoms with Crippen LogP contribution in [0.4, 0.5) is 26.3 Å². The summed E-state index contributed by atoms with van der Waals surface area (Å²) in [7, 11) is -13.2. The molecule has 0 saturated carbocycles. The van der Waals surface area contributed by atoms with E-state index in [-0.39, 0.29) is 0 Å². The number of sulfonamides is 2. The second-order valence-corrected chi connectivity index (χ2v) is 6.98. The first-order chi connectivity index (χ1) is 9.64. The summed E-state index contributed by atoms with van der Waals surface area (Å²) in [6, 6.07) is 0. The van der Waals surface area contributed by atoms with Gasteiger partial charge in [-0.2, -0.15) is 26.3 Å². The van der Waals surface area contributed by atoms with Gasteiger partial charge in [-0.15, -0.1) is 0 Å². The van der Waals surface area contributed by atoms with Crippen LogP contribution in [0.3, 0.4) is 0 Å². The van der Waals surface area contributed by atoms with E-state index in [0.29, 0.717) is 0 Å². The van der Waals surface area contributed by atoms with E-state index in [4.69, 9.17) is 0 Å². The summed E-state index contributed by atoms with van der Waals surface area (Å²) in [5.74, 6) is 0. The third kappa shape index (κ3) is 5.80. The van der Waals surface area contributed by atoms with Gasteiger partial charge in [0.25, 0.3) is 0 Å². The molecule has 0 radical (unpaired) electrons. The number of imidazole rings is 1. The van der Waals surface area contributed by atoms with Gasteiger partial charge in [0, 0.05) is 18.9 Å². The van der Waals surface area contributed by atoms with Crippen LogP contribution >= 0.6 is 0 Å². The Morgan fingerprint density at radius 2 is 1.41 bits per heavy atom. The molecule has 0 saturated heterocycles. The van der Waals surface area contributed by atoms with Crippen molar-refractivity contribution in [1.82, 2.24) is 13.7 Å². The standard InChI is InChI=1S/C5H8N2.C2HF6NO4S2/c1-2-7-4-3-6-5-7;3-1(4,5)14(10,11)9-15(12,13)2(6,7)8/h3-5H,2H2,1H3;9H. The first kappa shape index (κ1) is 20.6. The van der Waals surface area contributed by atoms with Gasteiger partial charge in [-0.25, -0.2) is 21.8 Å². The molecule has 0 aromatic carbocycles. The van der Waals surface area contributed by atoms with Gasteiger partial charge in [0.2, 0.25) is 0 Å². The molecule has 1 rings (SSSR count). The quantitative estimate of drug-likeness (QED) is 0.798. The van der Waals surface area contributed by atoms with Crippen molar-refractivity contribution in [2.45, 2.75) is 24.5 Å². The van der Waals surface area contributed by atoms with Gasteiger partial charge in [0.05, 0.1) is 6.33 Å². The zero-order valence-corrected chi connectivity index (χ0v) is 12.2. The van der Waals surface area contributed by atoms with Crippen molar-refractivity contribution in [2.24, 2.45) is 0 Å². The SMILES string of the molecule is CCn1ccnc1.O=S(=O)(NS(=O)(=O)C(F)(F)F)C(F)(F)F. The fourth-order valence-corrected chi connectivity index (χ4v) is 2.62. The molecule has 0 amide bonds. The van der Waals surface area contributed by atoms with E-state index in [9.17, 15) is 43.2 Å². The average molecular weight is 377 g/mol. The highest BCUT2D eigenvalue weighted by Gasteiger charge is 2.55. The van der Waals surface area contributed by atoms with Crippen LogP contribution in [-0.4, -0.2) is 37.4 Å². The number of rotatable bonds is 3. The van der Waals surface area contributed by atoms with Gasteiger partial charge in [0.15, 0.2) is 0 Å². The molecule has 0 aliphatic rings. The summed E-state index contributed by atoms with van der Waals surface area (Å²) in [6.07, 6.45) is 5.53. The fourth-order valence-electron chi connectivity index (χ4n) is 0.713. The van der Waals surface area contributed by atoms with Crippen LogP contribution in [0.1, 0.15) is 6.92 Å². The number of hydrogen-bond donors (Lipinski definition) is 1. The Morgan fingerprint density at radius 3 is 1.59 bits per heavy atom. The lowest BCUT2D eigenvalue weighted by Gasteiger charge is -2.11. The summed E-state index contributed by atoms with van der Waals surface area (Å²) in [5, 5.41) is 0. The van der Waals surface area contributed by atoms with Gasteiger partial charge in [-0.1, -0.05) is 4.13 Å². The van der Waals surface area contributed by atoms with Crippen molar-refractivity contribution in [3.8, 4) is 0 Å². The fraction of sp³-hybridized carbons (Fsp3) is 0.571. The van der Waals surface area contributed by atoms with E-state index >= 15 is 0 Å². The molecule has 0 aliphatic heterocycles. The van der Waals surface area contributed by atoms with Gasteiger partial charge in [0.1, 0.15) is 0 Å². The van der Waals surface area contributed by atoms with E-state index in [0.717, 1.165) is 6.54 Å². The van der Waals surface area contributed by atoms with Crippen LogP contribution < -0.4 is 4.13 Å². The summed E-state index contributed by atoms with van der Waals surface area (Å²) in [6.45, 7) is 3.10. The molecule has 130 valence electrons. The zero-order chi connectivity index (χ0) is 17.8. The number of halogens is 6. The minimum atomic E-state index is -6.60. The summed E-state index contributed by atoms with van der Waals surface area (Å²) < 4.78 is 110. The van der Waals surface area contributed by atoms with Crippen LogP contribution in [0, 0.1) is 0 Å². The molecular weight excluding hydrogens is 368 g/mol. The van der Waals surface area contributed by atoms with Crippen molar-refractivity contribution < 1.29 is 43.2 Å². The molecule has 7 nitrogen and oxygen atoms in total. The van der Waals surface area contributed by atoms with Gasteiger partial charge in [-0.05, 0) is 6.92 Å². The van der Waals surface area contributed by atoms with E-state index < -0.39 is 35.2 Å². The number of nitrogens with zero attached hydrogens (tertiary/aromatic N) is 2. The Bertz CT molecular complexity index is 620. The van der Waals surface area contributed by atoms with Crippen molar-refractivity contribution in [3.05, 3.63) is 18.7 Å². The zero-order valence-electron chi connectivity index (χ0n) is 10.6. The smallest absolute Gasteiger partial charge is 0.338 e. The highest BCUT2D eigenvalue weighted by Crippen LogP contribution is 2.27. The molecule has 1 heterocycles. The lowest BCUT2D eigenvalue weighted by Crippen LogP contribution is -2.45. The van der Waals surface area contributed by atoms with Crippen molar-refractivity contribution >= 4 is 20.0 Å². The summed E-state index contributed by atoms with van der Waals surface area (Å²) in [4.78, 5) is 3.86. The van der Waals surface area contributed by atoms with Crippen LogP contribution in [0.5, 0.6) is 0 Å². The molecule has 1 aromatic rings. The molecule has 0 aliphatic carbocycles. The molecule has 0 spiro atoms. The van der Waals surface area contributed by atoms with Crippen LogP contribution in [-0.2, 0) is 26.6 Å². The molecule has 1 aromatic heterocycles. The number of aryl methyl sites for hydroxylation is 1. The first-order valence-corrected chi connectivity index (χ1v) is 7.97. The Labute approximate surface area is 121 Å². The van der Waals surface area contributed by atoms with Gasteiger partial charge < -0.3 is 4.57 Å². The molecular formula is C7H9F6N3O4S2. The van der Waals surface area contributed by atoms with Crippen molar-refractivity contribution in [1.29, 1.82) is 0 Å². The third-order valence-corrected chi connectivity index (χ3v) is 4.73. The van der Waals surface area contributed by atoms with Crippen molar-refractivity contribution in [2.75, 3.05) is 0 Å². The maximum atomic E-state index is 11.5. The summed E-state index contributed by atoms with van der Waals surface area (Å²) >= 11 is 0. The number of hydrogen-bond acceptors (Lipinski definition) is 5. The highest BCUT2D eigenvalue weighted by molar-refractivity contribution is 8.05. The van der Waals surface area contributed by atoms with Crippen LogP contribution in [0.2, 0.25) is 0 Å². The highest BCUT2D eigenvalue weighted by atomic mass is 32.3. The molecule has 15 heteroatoms. The number of nitrogens with one attached hydrogen (secondary N) is 1. The average Bonchev–Trinajstić information content (AvgIpc) is 2.77. The molecule has 0 bridgehead atoms. The topological polar surface area (TPSA) is 98.1 Å². The normalized spacial score (nSPS) is 13.4. The maximum absolute atomic E-state index is 11.5. The molecule has 0 unspecified atom stereocenters. The minimum Gasteiger partial charge on any atom is -0.338 e. The Morgan fingerprint density at radius 1 is 1.00 bits per heavy atom. The Hall–Kier alpha value is -1.35. The van der Waals surface area contributed by atoms with Crippen LogP contribution in [0.25, 0.3) is 0 Å². The Balaban J connectivity index is 0.000000518. The number of aromatic nitrogens is 2. The second kappa shape index (κ2) is 6.82. The monoisotopic (exact) mass is 377 g/mol. The predicted octanol–water partition coefficient (Wildman–Crippen LogP) is 1.18. The van der Waals surface area contributed by atoms with E-state index in [2.05, 4.69) is 11.9 Å². The third-order valence-electron chi connectivity index (χ3n) is 1.75. The van der Waals surface area contributed by atoms with Gasteiger partial charge in [-0.3, -0.25) is 0 Å². The van der Waals surface area contributed by atoms with E-state index in [1.807, 2.05) is 10.8 Å². The van der Waals surface area contributed by atoms with Crippen molar-refractivity contribution in [3.63, 3.8) is 0 Å². The lowest BCUT2D eigenvalue weighted by molar-refractivity contribution is -0.0476. The first-order valence-electron chi connectivity index (χ1n) is 5.01. The molecule has 1 N–H and O–H groups in total. The van der Waals surface area contributed by atoms with Crippen LogP contribution in [0.15, 0.2) is 18.7 Å². The van der Waals surface area contributed by atoms with E-state index in [1.165, 1.54) is 0 Å². The second-order valence-electron chi connectivity index (χ2n) is 3.37. The lowest BCUT2D eigenvalue weighted by atomic mass is 10.7. The molecule has 0 atom stereocenters. The predicted molar refractivity (Wildman–Crippen MR) is 61.0 cm³/mol. The molecule has 22 heavy (non-hydrogen) atoms.